The van der Waals surface area contributed by atoms with Crippen molar-refractivity contribution in [1.29, 1.82) is 0 Å². The third kappa shape index (κ3) is 2.85. The molecule has 3 aromatic rings. The highest BCUT2D eigenvalue weighted by Crippen LogP contribution is 2.93. The van der Waals surface area contributed by atoms with Crippen LogP contribution in [0.15, 0.2) is 53.9 Å². The third-order valence-corrected chi connectivity index (χ3v) is 8.81. The Morgan fingerprint density at radius 1 is 1.23 bits per heavy atom. The van der Waals surface area contributed by atoms with Crippen LogP contribution in [0.4, 0.5) is 0 Å². The van der Waals surface area contributed by atoms with Crippen LogP contribution >= 0.6 is 0 Å². The summed E-state index contributed by atoms with van der Waals surface area (Å²) in [5.41, 5.74) is 2.56. The maximum Gasteiger partial charge on any atom is 0.310 e. The average Bonchev–Trinajstić information content (AvgIpc) is 3.76. The zero-order chi connectivity index (χ0) is 24.0. The van der Waals surface area contributed by atoms with E-state index in [-0.39, 0.29) is 22.9 Å². The van der Waals surface area contributed by atoms with Gasteiger partial charge in [0.2, 0.25) is 0 Å². The van der Waals surface area contributed by atoms with Gasteiger partial charge in [0, 0.05) is 54.1 Å². The molecule has 2 N–H and O–H groups in total. The first kappa shape index (κ1) is 20.7. The third-order valence-electron chi connectivity index (χ3n) is 8.81. The van der Waals surface area contributed by atoms with E-state index in [1.165, 1.54) is 0 Å². The topological polar surface area (TPSA) is 102 Å². The maximum absolute atomic E-state index is 13.5. The fraction of sp³-hybridized carbons (Fsp3) is 0.407. The molecule has 7 rings (SSSR count). The number of allylic oxidation sites excluding steroid dienone is 1. The number of hydrogen-bond donors (Lipinski definition) is 2. The first-order chi connectivity index (χ1) is 16.9. The van der Waals surface area contributed by atoms with Crippen molar-refractivity contribution in [3.05, 3.63) is 60.1 Å². The molecule has 3 aliphatic carbocycles. The minimum atomic E-state index is -0.706. The molecule has 1 amide bonds. The van der Waals surface area contributed by atoms with Gasteiger partial charge in [-0.2, -0.15) is 5.10 Å². The van der Waals surface area contributed by atoms with Crippen molar-refractivity contribution in [1.82, 2.24) is 19.7 Å². The minimum Gasteiger partial charge on any atom is -0.481 e. The predicted octanol–water partition coefficient (Wildman–Crippen LogP) is 3.43. The summed E-state index contributed by atoms with van der Waals surface area (Å²) < 4.78 is 3.91. The van der Waals surface area contributed by atoms with Gasteiger partial charge in [-0.15, -0.1) is 0 Å². The van der Waals surface area contributed by atoms with Crippen LogP contribution in [0.3, 0.4) is 0 Å². The van der Waals surface area contributed by atoms with Gasteiger partial charge in [-0.3, -0.25) is 19.3 Å². The van der Waals surface area contributed by atoms with E-state index in [9.17, 15) is 14.7 Å². The van der Waals surface area contributed by atoms with Gasteiger partial charge >= 0.3 is 5.97 Å². The number of amides is 1. The number of aliphatic carboxylic acids is 1. The first-order valence-electron chi connectivity index (χ1n) is 12.2. The molecule has 2 aromatic heterocycles. The van der Waals surface area contributed by atoms with E-state index in [4.69, 9.17) is 4.99 Å². The van der Waals surface area contributed by atoms with Gasteiger partial charge < -0.3 is 15.0 Å². The predicted molar refractivity (Wildman–Crippen MR) is 131 cm³/mol. The number of carboxylic acid groups (broad SMARTS) is 1. The summed E-state index contributed by atoms with van der Waals surface area (Å²) in [7, 11) is 1.90. The molecule has 0 radical (unpaired) electrons. The van der Waals surface area contributed by atoms with Gasteiger partial charge in [0.15, 0.2) is 0 Å². The Balaban J connectivity index is 1.11. The van der Waals surface area contributed by atoms with Crippen LogP contribution < -0.4 is 5.32 Å². The van der Waals surface area contributed by atoms with E-state index in [0.717, 1.165) is 41.3 Å². The highest BCUT2D eigenvalue weighted by molar-refractivity contribution is 6.10. The van der Waals surface area contributed by atoms with Crippen molar-refractivity contribution in [2.75, 3.05) is 0 Å². The molecule has 0 spiro atoms. The molecule has 3 saturated carbocycles. The van der Waals surface area contributed by atoms with E-state index < -0.39 is 11.4 Å². The second-order valence-electron chi connectivity index (χ2n) is 10.8. The molecule has 4 aliphatic rings. The molecule has 1 aliphatic heterocycles. The van der Waals surface area contributed by atoms with Crippen LogP contribution in [0.5, 0.6) is 0 Å². The lowest BCUT2D eigenvalue weighted by Crippen LogP contribution is -2.41. The van der Waals surface area contributed by atoms with E-state index in [2.05, 4.69) is 21.1 Å². The van der Waals surface area contributed by atoms with Crippen molar-refractivity contribution in [2.45, 2.75) is 50.2 Å². The van der Waals surface area contributed by atoms with Crippen molar-refractivity contribution in [2.24, 2.45) is 22.9 Å². The Morgan fingerprint density at radius 3 is 2.69 bits per heavy atom. The lowest BCUT2D eigenvalue weighted by Gasteiger charge is -2.22. The number of dihydropyridines is 1. The number of hydrogen-bond acceptors (Lipinski definition) is 4. The summed E-state index contributed by atoms with van der Waals surface area (Å²) >= 11 is 0. The molecule has 0 saturated heterocycles. The number of carbonyl (C=O) groups is 2. The van der Waals surface area contributed by atoms with Crippen LogP contribution in [-0.2, 0) is 18.4 Å². The number of benzene rings is 1. The Morgan fingerprint density at radius 2 is 2.06 bits per heavy atom. The van der Waals surface area contributed by atoms with Crippen molar-refractivity contribution in [3.8, 4) is 0 Å². The average molecular weight is 470 g/mol. The van der Waals surface area contributed by atoms with E-state index in [1.807, 2.05) is 56.1 Å². The van der Waals surface area contributed by atoms with Crippen molar-refractivity contribution in [3.63, 3.8) is 0 Å². The normalized spacial score (nSPS) is 29.4. The number of aryl methyl sites for hydroxylation is 1. The van der Waals surface area contributed by atoms with Crippen molar-refractivity contribution < 1.29 is 14.7 Å². The summed E-state index contributed by atoms with van der Waals surface area (Å²) in [6.07, 6.45) is 13.9. The monoisotopic (exact) mass is 469 g/mol. The lowest BCUT2D eigenvalue weighted by atomic mass is 10.0. The number of rotatable bonds is 7. The van der Waals surface area contributed by atoms with E-state index in [0.29, 0.717) is 24.9 Å². The van der Waals surface area contributed by atoms with Crippen LogP contribution in [-0.4, -0.2) is 49.1 Å². The number of nitrogens with one attached hydrogen (secondary N) is 1. The molecule has 1 atom stereocenters. The van der Waals surface area contributed by atoms with Gasteiger partial charge in [0.1, 0.15) is 0 Å². The molecule has 0 bridgehead atoms. The number of para-hydroxylation sites is 1. The van der Waals surface area contributed by atoms with Crippen molar-refractivity contribution >= 4 is 34.6 Å². The largest absolute Gasteiger partial charge is 0.481 e. The van der Waals surface area contributed by atoms with Crippen LogP contribution in [0.2, 0.25) is 0 Å². The quantitative estimate of drug-likeness (QED) is 0.554. The van der Waals surface area contributed by atoms with Crippen LogP contribution in [0, 0.1) is 10.8 Å². The first-order valence-corrected chi connectivity index (χ1v) is 12.2. The standard InChI is InChI=1S/C27H27N5O3/c1-31-13-19(12-29-31)18-5-6-20(28-11-18)14-32-10-7-17-3-2-4-21(22(17)32)23(33)30-27(8-9-27)26-15-25(26,16-26)24(34)35/h2-5,7,10-13,20H,6,8-9,14-16H2,1H3,(H,30,33)(H,34,35). The number of aromatic nitrogens is 3. The Kier molecular flexibility index (Phi) is 3.96. The van der Waals surface area contributed by atoms with E-state index in [1.54, 1.807) is 4.68 Å². The smallest absolute Gasteiger partial charge is 0.310 e. The van der Waals surface area contributed by atoms with Gasteiger partial charge in [0.25, 0.3) is 5.91 Å². The van der Waals surface area contributed by atoms with E-state index >= 15 is 0 Å². The second-order valence-corrected chi connectivity index (χ2v) is 10.8. The molecular weight excluding hydrogens is 442 g/mol. The molecule has 1 unspecified atom stereocenters. The highest BCUT2D eigenvalue weighted by Gasteiger charge is 2.95. The Hall–Kier alpha value is -3.68. The number of fused-ring (bicyclic) bond motifs is 2. The fourth-order valence-electron chi connectivity index (χ4n) is 6.45. The molecular formula is C27H27N5O3. The fourth-order valence-corrected chi connectivity index (χ4v) is 6.45. The van der Waals surface area contributed by atoms with Crippen LogP contribution in [0.25, 0.3) is 16.5 Å². The Labute approximate surface area is 202 Å². The summed E-state index contributed by atoms with van der Waals surface area (Å²) in [5, 5.41) is 18.2. The molecule has 178 valence electrons. The zero-order valence-corrected chi connectivity index (χ0v) is 19.6. The summed E-state index contributed by atoms with van der Waals surface area (Å²) in [5.74, 6) is -0.811. The number of carbonyl (C=O) groups excluding carboxylic acids is 1. The highest BCUT2D eigenvalue weighted by atomic mass is 16.4. The van der Waals surface area contributed by atoms with Gasteiger partial charge in [-0.25, -0.2) is 0 Å². The summed E-state index contributed by atoms with van der Waals surface area (Å²) in [6, 6.07) is 7.94. The van der Waals surface area contributed by atoms with Gasteiger partial charge in [-0.05, 0) is 49.8 Å². The molecule has 8 heteroatoms. The summed E-state index contributed by atoms with van der Waals surface area (Å²) in [4.78, 5) is 30.0. The lowest BCUT2D eigenvalue weighted by molar-refractivity contribution is -0.141. The molecule has 35 heavy (non-hydrogen) atoms. The number of carboxylic acids is 1. The number of nitrogens with zero attached hydrogens (tertiary/aromatic N) is 4. The molecule has 3 heterocycles. The maximum atomic E-state index is 13.5. The van der Waals surface area contributed by atoms with Crippen LogP contribution in [0.1, 0.15) is 48.0 Å². The molecule has 8 nitrogen and oxygen atoms in total. The second kappa shape index (κ2) is 6.71. The minimum absolute atomic E-state index is 0.0879. The zero-order valence-electron chi connectivity index (χ0n) is 19.6. The Bertz CT molecular complexity index is 1460. The summed E-state index contributed by atoms with van der Waals surface area (Å²) in [6.45, 7) is 0.679. The van der Waals surface area contributed by atoms with Gasteiger partial charge in [0.05, 0.1) is 28.7 Å². The SMILES string of the molecule is Cn1cc(C2=CCC(Cn3ccc4cccc(C(=O)NC5(C67CC6(C(=O)O)C7)CC5)c43)N=C2)cn1. The molecule has 3 fully saturated rings. The van der Waals surface area contributed by atoms with Gasteiger partial charge in [-0.1, -0.05) is 18.2 Å². The molecule has 1 aromatic carbocycles. The number of aliphatic imine (C=N–C) groups is 1.